The van der Waals surface area contributed by atoms with E-state index in [0.29, 0.717) is 28.1 Å². The van der Waals surface area contributed by atoms with Crippen LogP contribution in [0.15, 0.2) is 36.7 Å². The lowest BCUT2D eigenvalue weighted by molar-refractivity contribution is 0.262. The maximum absolute atomic E-state index is 12.7. The lowest BCUT2D eigenvalue weighted by Crippen LogP contribution is -2.45. The van der Waals surface area contributed by atoms with Crippen molar-refractivity contribution in [2.45, 2.75) is 18.8 Å². The summed E-state index contributed by atoms with van der Waals surface area (Å²) in [7, 11) is 5.10. The highest BCUT2D eigenvalue weighted by Crippen LogP contribution is 2.46. The number of amides is 2. The molecule has 0 atom stereocenters. The number of carbonyl (C=O) groups excluding carboxylic acids is 1. The number of nitrogens with one attached hydrogen (secondary N) is 4. The van der Waals surface area contributed by atoms with E-state index in [9.17, 15) is 4.79 Å². The summed E-state index contributed by atoms with van der Waals surface area (Å²) in [5.41, 5.74) is 8.94. The molecule has 31 heavy (non-hydrogen) atoms. The number of urea groups is 1. The quantitative estimate of drug-likeness (QED) is 0.412. The van der Waals surface area contributed by atoms with Crippen LogP contribution in [-0.2, 0) is 0 Å². The Morgan fingerprint density at radius 1 is 1.13 bits per heavy atom. The van der Waals surface area contributed by atoms with Crippen molar-refractivity contribution in [3.8, 4) is 5.75 Å². The molecule has 1 aromatic carbocycles. The fourth-order valence-corrected chi connectivity index (χ4v) is 3.76. The molecule has 4 rings (SSSR count). The molecule has 2 aromatic heterocycles. The molecule has 162 valence electrons. The van der Waals surface area contributed by atoms with Gasteiger partial charge in [0.2, 0.25) is 0 Å². The normalized spacial score (nSPS) is 13.2. The van der Waals surface area contributed by atoms with Gasteiger partial charge in [0, 0.05) is 25.5 Å². The number of hydrazine groups is 2. The number of hydrogen-bond donors (Lipinski definition) is 4. The second kappa shape index (κ2) is 8.93. The topological polar surface area (TPSA) is 103 Å². The average molecular weight is 442 g/mol. The summed E-state index contributed by atoms with van der Waals surface area (Å²) in [6.07, 6.45) is 5.42. The summed E-state index contributed by atoms with van der Waals surface area (Å²) < 4.78 is 5.30. The summed E-state index contributed by atoms with van der Waals surface area (Å²) in [5.74, 6) is 1.66. The number of aromatic nitrogens is 2. The van der Waals surface area contributed by atoms with Crippen molar-refractivity contribution in [2.24, 2.45) is 0 Å². The van der Waals surface area contributed by atoms with Gasteiger partial charge in [0.05, 0.1) is 41.4 Å². The van der Waals surface area contributed by atoms with Crippen molar-refractivity contribution in [3.05, 3.63) is 47.2 Å². The monoisotopic (exact) mass is 441 g/mol. The van der Waals surface area contributed by atoms with E-state index in [1.54, 1.807) is 38.6 Å². The Labute approximate surface area is 185 Å². The SMILES string of the molecule is CNN(NC)c1ncc(NC(=O)Nc2cnc3cc(OC)ccc3c2C2CC2)cc1Cl. The van der Waals surface area contributed by atoms with Crippen LogP contribution in [0.4, 0.5) is 22.0 Å². The molecule has 3 aromatic rings. The standard InChI is InChI=1S/C21H24ClN7O2/c1-23-29(24-2)20-16(22)8-13(10-26-20)27-21(30)28-18-11-25-17-9-14(31-3)6-7-15(17)19(18)12-4-5-12/h6-12,23-24H,4-5H2,1-3H3,(H2,27,28,30). The number of carbonyl (C=O) groups is 1. The van der Waals surface area contributed by atoms with Crippen LogP contribution >= 0.6 is 11.6 Å². The maximum Gasteiger partial charge on any atom is 0.323 e. The van der Waals surface area contributed by atoms with Crippen molar-refractivity contribution < 1.29 is 9.53 Å². The average Bonchev–Trinajstić information content (AvgIpc) is 3.60. The van der Waals surface area contributed by atoms with Gasteiger partial charge in [-0.05, 0) is 42.5 Å². The lowest BCUT2D eigenvalue weighted by atomic mass is 10.0. The van der Waals surface area contributed by atoms with E-state index < -0.39 is 0 Å². The largest absolute Gasteiger partial charge is 0.497 e. The Morgan fingerprint density at radius 3 is 2.55 bits per heavy atom. The first kappa shape index (κ1) is 21.1. The number of anilines is 3. The first-order chi connectivity index (χ1) is 15.0. The summed E-state index contributed by atoms with van der Waals surface area (Å²) in [5, 5.41) is 8.67. The molecule has 2 heterocycles. The van der Waals surface area contributed by atoms with Crippen LogP contribution in [0.2, 0.25) is 5.02 Å². The molecule has 0 bridgehead atoms. The summed E-state index contributed by atoms with van der Waals surface area (Å²) >= 11 is 6.31. The van der Waals surface area contributed by atoms with Gasteiger partial charge in [0.15, 0.2) is 5.82 Å². The first-order valence-corrected chi connectivity index (χ1v) is 10.3. The summed E-state index contributed by atoms with van der Waals surface area (Å²) in [4.78, 5) is 21.5. The predicted octanol–water partition coefficient (Wildman–Crippen LogP) is 3.89. The van der Waals surface area contributed by atoms with E-state index in [4.69, 9.17) is 16.3 Å². The van der Waals surface area contributed by atoms with Crippen molar-refractivity contribution in [2.75, 3.05) is 37.0 Å². The molecule has 1 aliphatic rings. The molecular formula is C21H24ClN7O2. The molecule has 0 spiro atoms. The molecule has 2 amide bonds. The van der Waals surface area contributed by atoms with E-state index in [2.05, 4.69) is 31.5 Å². The molecule has 1 fully saturated rings. The van der Waals surface area contributed by atoms with Crippen LogP contribution in [0.25, 0.3) is 10.9 Å². The van der Waals surface area contributed by atoms with Crippen LogP contribution in [0.5, 0.6) is 5.75 Å². The minimum absolute atomic E-state index is 0.376. The van der Waals surface area contributed by atoms with Gasteiger partial charge in [-0.3, -0.25) is 4.98 Å². The number of halogens is 1. The van der Waals surface area contributed by atoms with Crippen molar-refractivity contribution in [1.82, 2.24) is 20.8 Å². The third-order valence-electron chi connectivity index (χ3n) is 5.09. The van der Waals surface area contributed by atoms with E-state index in [1.807, 2.05) is 18.2 Å². The molecule has 4 N–H and O–H groups in total. The van der Waals surface area contributed by atoms with Crippen molar-refractivity contribution in [1.29, 1.82) is 0 Å². The first-order valence-electron chi connectivity index (χ1n) is 9.89. The number of rotatable bonds is 7. The number of benzene rings is 1. The second-order valence-corrected chi connectivity index (χ2v) is 7.54. The van der Waals surface area contributed by atoms with Gasteiger partial charge in [-0.15, -0.1) is 0 Å². The molecular weight excluding hydrogens is 418 g/mol. The van der Waals surface area contributed by atoms with Crippen molar-refractivity contribution in [3.63, 3.8) is 0 Å². The van der Waals surface area contributed by atoms with Gasteiger partial charge in [0.1, 0.15) is 5.75 Å². The molecule has 0 unspecified atom stereocenters. The van der Waals surface area contributed by atoms with Gasteiger partial charge >= 0.3 is 6.03 Å². The highest BCUT2D eigenvalue weighted by molar-refractivity contribution is 6.33. The lowest BCUT2D eigenvalue weighted by Gasteiger charge is -2.21. The Morgan fingerprint density at radius 2 is 1.90 bits per heavy atom. The van der Waals surface area contributed by atoms with Gasteiger partial charge in [-0.2, -0.15) is 0 Å². The molecule has 9 nitrogen and oxygen atoms in total. The molecule has 0 radical (unpaired) electrons. The molecule has 1 saturated carbocycles. The van der Waals surface area contributed by atoms with Gasteiger partial charge in [-0.25, -0.2) is 25.7 Å². The third-order valence-corrected chi connectivity index (χ3v) is 5.37. The zero-order chi connectivity index (χ0) is 22.0. The fraction of sp³-hybridized carbons (Fsp3) is 0.286. The van der Waals surface area contributed by atoms with Gasteiger partial charge in [0.25, 0.3) is 0 Å². The predicted molar refractivity (Wildman–Crippen MR) is 123 cm³/mol. The summed E-state index contributed by atoms with van der Waals surface area (Å²) in [6.45, 7) is 0. The minimum Gasteiger partial charge on any atom is -0.497 e. The second-order valence-electron chi connectivity index (χ2n) is 7.13. The van der Waals surface area contributed by atoms with E-state index in [0.717, 1.165) is 35.1 Å². The maximum atomic E-state index is 12.7. The molecule has 0 saturated heterocycles. The highest BCUT2D eigenvalue weighted by Gasteiger charge is 2.29. The zero-order valence-electron chi connectivity index (χ0n) is 17.5. The highest BCUT2D eigenvalue weighted by atomic mass is 35.5. The number of pyridine rings is 2. The number of fused-ring (bicyclic) bond motifs is 1. The van der Waals surface area contributed by atoms with E-state index >= 15 is 0 Å². The number of ether oxygens (including phenoxy) is 1. The fourth-order valence-electron chi connectivity index (χ4n) is 3.51. The zero-order valence-corrected chi connectivity index (χ0v) is 18.2. The van der Waals surface area contributed by atoms with Crippen molar-refractivity contribution >= 4 is 45.7 Å². The van der Waals surface area contributed by atoms with E-state index in [1.165, 1.54) is 6.20 Å². The molecule has 10 heteroatoms. The minimum atomic E-state index is -0.388. The van der Waals surface area contributed by atoms with Crippen LogP contribution in [-0.4, -0.2) is 37.2 Å². The Hall–Kier alpha value is -3.14. The number of methoxy groups -OCH3 is 1. The van der Waals surface area contributed by atoms with Crippen LogP contribution in [0, 0.1) is 0 Å². The van der Waals surface area contributed by atoms with E-state index in [-0.39, 0.29) is 6.03 Å². The Kier molecular flexibility index (Phi) is 6.08. The Bertz CT molecular complexity index is 1120. The number of hydrogen-bond acceptors (Lipinski definition) is 7. The number of nitrogens with zero attached hydrogens (tertiary/aromatic N) is 3. The van der Waals surface area contributed by atoms with Crippen LogP contribution in [0.3, 0.4) is 0 Å². The molecule has 1 aliphatic carbocycles. The van der Waals surface area contributed by atoms with Gasteiger partial charge in [-0.1, -0.05) is 11.6 Å². The van der Waals surface area contributed by atoms with Crippen LogP contribution < -0.4 is 31.3 Å². The smallest absolute Gasteiger partial charge is 0.323 e. The third kappa shape index (κ3) is 4.48. The Balaban J connectivity index is 1.55. The summed E-state index contributed by atoms with van der Waals surface area (Å²) in [6, 6.07) is 7.06. The van der Waals surface area contributed by atoms with Crippen LogP contribution in [0.1, 0.15) is 24.3 Å². The van der Waals surface area contributed by atoms with Gasteiger partial charge < -0.3 is 15.4 Å². The molecule has 0 aliphatic heterocycles.